The molecule has 0 spiro atoms. The Balaban J connectivity index is 2.01. The lowest BCUT2D eigenvalue weighted by Gasteiger charge is -2.11. The zero-order valence-corrected chi connectivity index (χ0v) is 11.4. The van der Waals surface area contributed by atoms with Crippen LogP contribution < -0.4 is 5.32 Å². The summed E-state index contributed by atoms with van der Waals surface area (Å²) in [6.07, 6.45) is 2.52. The number of aliphatic hydroxyl groups is 1. The third-order valence-corrected chi connectivity index (χ3v) is 3.44. The predicted octanol–water partition coefficient (Wildman–Crippen LogP) is 2.54. The van der Waals surface area contributed by atoms with Crippen LogP contribution in [0.15, 0.2) is 18.2 Å². The van der Waals surface area contributed by atoms with E-state index in [0.29, 0.717) is 18.0 Å². The first-order chi connectivity index (χ1) is 9.61. The zero-order chi connectivity index (χ0) is 14.5. The van der Waals surface area contributed by atoms with E-state index in [4.69, 9.17) is 5.11 Å². The largest absolute Gasteiger partial charge is 0.395 e. The zero-order valence-electron chi connectivity index (χ0n) is 11.4. The minimum Gasteiger partial charge on any atom is -0.395 e. The molecular formula is C16H18FNO2. The molecule has 106 valence electrons. The summed E-state index contributed by atoms with van der Waals surface area (Å²) < 4.78 is 13.8. The lowest BCUT2D eigenvalue weighted by molar-refractivity contribution is -0.119. The summed E-state index contributed by atoms with van der Waals surface area (Å²) in [4.78, 5) is 11.9. The number of anilines is 1. The fourth-order valence-corrected chi connectivity index (χ4v) is 1.97. The van der Waals surface area contributed by atoms with Crippen molar-refractivity contribution in [2.45, 2.75) is 26.2 Å². The molecule has 2 rings (SSSR count). The van der Waals surface area contributed by atoms with Gasteiger partial charge in [0.1, 0.15) is 5.82 Å². The van der Waals surface area contributed by atoms with Gasteiger partial charge in [0, 0.05) is 18.0 Å². The Bertz CT molecular complexity index is 555. The first kappa shape index (κ1) is 14.5. The number of rotatable bonds is 4. The number of nitrogens with one attached hydrogen (secondary N) is 1. The molecule has 0 radical (unpaired) electrons. The van der Waals surface area contributed by atoms with Crippen molar-refractivity contribution < 1.29 is 14.3 Å². The summed E-state index contributed by atoms with van der Waals surface area (Å²) in [5.41, 5.74) is 0.722. The average Bonchev–Trinajstić information content (AvgIpc) is 3.25. The Labute approximate surface area is 118 Å². The van der Waals surface area contributed by atoms with E-state index in [9.17, 15) is 9.18 Å². The van der Waals surface area contributed by atoms with Gasteiger partial charge in [-0.3, -0.25) is 4.79 Å². The Hall–Kier alpha value is -1.86. The maximum absolute atomic E-state index is 13.8. The van der Waals surface area contributed by atoms with E-state index in [1.165, 1.54) is 12.1 Å². The predicted molar refractivity (Wildman–Crippen MR) is 75.5 cm³/mol. The molecule has 20 heavy (non-hydrogen) atoms. The van der Waals surface area contributed by atoms with Gasteiger partial charge in [0.05, 0.1) is 12.2 Å². The Morgan fingerprint density at radius 1 is 1.55 bits per heavy atom. The molecule has 1 aliphatic carbocycles. The van der Waals surface area contributed by atoms with Crippen LogP contribution in [0.2, 0.25) is 0 Å². The number of carbonyl (C=O) groups is 1. The van der Waals surface area contributed by atoms with Gasteiger partial charge in [-0.25, -0.2) is 4.39 Å². The summed E-state index contributed by atoms with van der Waals surface area (Å²) >= 11 is 0. The topological polar surface area (TPSA) is 49.3 Å². The van der Waals surface area contributed by atoms with Crippen LogP contribution in [0, 0.1) is 29.5 Å². The molecule has 1 atom stereocenters. The molecular weight excluding hydrogens is 257 g/mol. The standard InChI is InChI=1S/C16H18FNO2/c1-11(12-5-6-12)16(20)18-14-8-7-13(15(17)10-14)4-2-3-9-19/h7-8,10-12,19H,3,5-6,9H2,1H3,(H,18,20). The summed E-state index contributed by atoms with van der Waals surface area (Å²) in [7, 11) is 0. The molecule has 0 heterocycles. The highest BCUT2D eigenvalue weighted by atomic mass is 19.1. The molecule has 0 bridgehead atoms. The molecule has 3 nitrogen and oxygen atoms in total. The second-order valence-electron chi connectivity index (χ2n) is 5.09. The number of amides is 1. The summed E-state index contributed by atoms with van der Waals surface area (Å²) in [5, 5.41) is 11.3. The monoisotopic (exact) mass is 275 g/mol. The van der Waals surface area contributed by atoms with E-state index in [2.05, 4.69) is 17.2 Å². The van der Waals surface area contributed by atoms with E-state index >= 15 is 0 Å². The molecule has 0 aromatic heterocycles. The van der Waals surface area contributed by atoms with Crippen LogP contribution in [-0.2, 0) is 4.79 Å². The summed E-state index contributed by atoms with van der Waals surface area (Å²) in [6, 6.07) is 4.46. The highest BCUT2D eigenvalue weighted by molar-refractivity contribution is 5.92. The Kier molecular flexibility index (Phi) is 4.75. The van der Waals surface area contributed by atoms with Crippen LogP contribution >= 0.6 is 0 Å². The third kappa shape index (κ3) is 3.82. The van der Waals surface area contributed by atoms with Gasteiger partial charge in [0.2, 0.25) is 5.91 Å². The molecule has 1 amide bonds. The van der Waals surface area contributed by atoms with Crippen molar-refractivity contribution >= 4 is 11.6 Å². The average molecular weight is 275 g/mol. The van der Waals surface area contributed by atoms with Gasteiger partial charge >= 0.3 is 0 Å². The minimum atomic E-state index is -0.465. The highest BCUT2D eigenvalue weighted by Crippen LogP contribution is 2.37. The summed E-state index contributed by atoms with van der Waals surface area (Å²) in [6.45, 7) is 1.86. The van der Waals surface area contributed by atoms with Gasteiger partial charge in [-0.15, -0.1) is 0 Å². The SMILES string of the molecule is CC(C(=O)Nc1ccc(C#CCCO)c(F)c1)C1CC1. The normalized spacial score (nSPS) is 15.2. The maximum Gasteiger partial charge on any atom is 0.227 e. The van der Waals surface area contributed by atoms with Crippen LogP contribution in [0.4, 0.5) is 10.1 Å². The number of hydrogen-bond donors (Lipinski definition) is 2. The molecule has 2 N–H and O–H groups in total. The van der Waals surface area contributed by atoms with Crippen molar-refractivity contribution in [3.05, 3.63) is 29.6 Å². The smallest absolute Gasteiger partial charge is 0.227 e. The molecule has 1 saturated carbocycles. The lowest BCUT2D eigenvalue weighted by atomic mass is 10.1. The second kappa shape index (κ2) is 6.53. The molecule has 0 aliphatic heterocycles. The van der Waals surface area contributed by atoms with Crippen molar-refractivity contribution in [1.82, 2.24) is 0 Å². The van der Waals surface area contributed by atoms with Crippen molar-refractivity contribution in [2.24, 2.45) is 11.8 Å². The summed E-state index contributed by atoms with van der Waals surface area (Å²) in [5.74, 6) is 5.23. The first-order valence-electron chi connectivity index (χ1n) is 6.82. The number of benzene rings is 1. The molecule has 1 unspecified atom stereocenters. The van der Waals surface area contributed by atoms with Crippen LogP contribution in [0.5, 0.6) is 0 Å². The highest BCUT2D eigenvalue weighted by Gasteiger charge is 2.32. The van der Waals surface area contributed by atoms with E-state index in [0.717, 1.165) is 12.8 Å². The van der Waals surface area contributed by atoms with Gasteiger partial charge < -0.3 is 10.4 Å². The van der Waals surface area contributed by atoms with Gasteiger partial charge in [0.15, 0.2) is 0 Å². The molecule has 1 fully saturated rings. The van der Waals surface area contributed by atoms with E-state index in [-0.39, 0.29) is 24.0 Å². The van der Waals surface area contributed by atoms with Crippen molar-refractivity contribution in [1.29, 1.82) is 0 Å². The van der Waals surface area contributed by atoms with E-state index < -0.39 is 5.82 Å². The molecule has 1 aromatic rings. The lowest BCUT2D eigenvalue weighted by Crippen LogP contribution is -2.21. The molecule has 0 saturated heterocycles. The van der Waals surface area contributed by atoms with E-state index in [1.807, 2.05) is 6.92 Å². The second-order valence-corrected chi connectivity index (χ2v) is 5.09. The van der Waals surface area contributed by atoms with Gasteiger partial charge in [-0.2, -0.15) is 0 Å². The quantitative estimate of drug-likeness (QED) is 0.830. The molecule has 1 aromatic carbocycles. The number of aliphatic hydroxyl groups excluding tert-OH is 1. The number of halogens is 1. The fourth-order valence-electron chi connectivity index (χ4n) is 1.97. The molecule has 1 aliphatic rings. The van der Waals surface area contributed by atoms with Crippen LogP contribution in [0.25, 0.3) is 0 Å². The maximum atomic E-state index is 13.8. The number of carbonyl (C=O) groups excluding carboxylic acids is 1. The van der Waals surface area contributed by atoms with Gasteiger partial charge in [0.25, 0.3) is 0 Å². The van der Waals surface area contributed by atoms with Crippen LogP contribution in [-0.4, -0.2) is 17.6 Å². The van der Waals surface area contributed by atoms with Gasteiger partial charge in [-0.1, -0.05) is 18.8 Å². The van der Waals surface area contributed by atoms with Crippen LogP contribution in [0.3, 0.4) is 0 Å². The molecule has 4 heteroatoms. The third-order valence-electron chi connectivity index (χ3n) is 3.44. The van der Waals surface area contributed by atoms with Gasteiger partial charge in [-0.05, 0) is 37.0 Å². The van der Waals surface area contributed by atoms with Crippen molar-refractivity contribution in [2.75, 3.05) is 11.9 Å². The Morgan fingerprint density at radius 2 is 2.30 bits per heavy atom. The Morgan fingerprint density at radius 3 is 2.90 bits per heavy atom. The van der Waals surface area contributed by atoms with Crippen molar-refractivity contribution in [3.8, 4) is 11.8 Å². The van der Waals surface area contributed by atoms with Crippen LogP contribution in [0.1, 0.15) is 31.7 Å². The van der Waals surface area contributed by atoms with E-state index in [1.54, 1.807) is 6.07 Å². The fraction of sp³-hybridized carbons (Fsp3) is 0.438. The van der Waals surface area contributed by atoms with Crippen molar-refractivity contribution in [3.63, 3.8) is 0 Å². The minimum absolute atomic E-state index is 0.0258. The number of hydrogen-bond acceptors (Lipinski definition) is 2. The first-order valence-corrected chi connectivity index (χ1v) is 6.82.